The van der Waals surface area contributed by atoms with E-state index < -0.39 is 6.67 Å². The number of nitrogens with zero attached hydrogens (tertiary/aromatic N) is 3. The third-order valence-electron chi connectivity index (χ3n) is 3.79. The van der Waals surface area contributed by atoms with Gasteiger partial charge in [0.25, 0.3) is 0 Å². The van der Waals surface area contributed by atoms with Crippen LogP contribution in [0, 0.1) is 6.92 Å². The van der Waals surface area contributed by atoms with Crippen LogP contribution in [0.25, 0.3) is 0 Å². The van der Waals surface area contributed by atoms with Crippen molar-refractivity contribution in [2.45, 2.75) is 39.3 Å². The van der Waals surface area contributed by atoms with Crippen LogP contribution in [-0.2, 0) is 6.67 Å². The van der Waals surface area contributed by atoms with Gasteiger partial charge < -0.3 is 0 Å². The number of benzene rings is 1. The fourth-order valence-electron chi connectivity index (χ4n) is 2.40. The number of hydrogen-bond donors (Lipinski definition) is 1. The zero-order valence-electron chi connectivity index (χ0n) is 12.8. The van der Waals surface area contributed by atoms with Crippen molar-refractivity contribution < 1.29 is 4.39 Å². The standard InChI is InChI=1S/C17H19FN4/c1-11-5-3-4-6-15(11)12(2)21-22-17-19-14(10-18)9-16(20-17)13-7-8-13/h3-6,9,13H,7-8,10H2,1-2H3,(H,19,20,22)/b21-12-. The number of aromatic nitrogens is 2. The van der Waals surface area contributed by atoms with E-state index in [1.54, 1.807) is 6.07 Å². The molecule has 1 fully saturated rings. The lowest BCUT2D eigenvalue weighted by Gasteiger charge is -2.07. The predicted octanol–water partition coefficient (Wildman–Crippen LogP) is 3.97. The Hall–Kier alpha value is -2.30. The van der Waals surface area contributed by atoms with Crippen LogP contribution >= 0.6 is 0 Å². The molecule has 1 aromatic heterocycles. The van der Waals surface area contributed by atoms with E-state index in [1.807, 2.05) is 38.1 Å². The van der Waals surface area contributed by atoms with Gasteiger partial charge in [-0.1, -0.05) is 24.3 Å². The van der Waals surface area contributed by atoms with Crippen molar-refractivity contribution in [1.82, 2.24) is 9.97 Å². The molecular weight excluding hydrogens is 279 g/mol. The summed E-state index contributed by atoms with van der Waals surface area (Å²) in [6.07, 6.45) is 2.24. The quantitative estimate of drug-likeness (QED) is 0.671. The average molecular weight is 298 g/mol. The van der Waals surface area contributed by atoms with E-state index in [-0.39, 0.29) is 0 Å². The minimum absolute atomic E-state index is 0.366. The van der Waals surface area contributed by atoms with Crippen molar-refractivity contribution in [3.63, 3.8) is 0 Å². The molecule has 1 saturated carbocycles. The molecule has 1 aromatic carbocycles. The van der Waals surface area contributed by atoms with Crippen molar-refractivity contribution in [2.75, 3.05) is 5.43 Å². The van der Waals surface area contributed by atoms with Gasteiger partial charge in [-0.25, -0.2) is 19.8 Å². The minimum atomic E-state index is -0.586. The predicted molar refractivity (Wildman–Crippen MR) is 85.8 cm³/mol. The summed E-state index contributed by atoms with van der Waals surface area (Å²) < 4.78 is 12.9. The maximum atomic E-state index is 12.9. The van der Waals surface area contributed by atoms with Gasteiger partial charge in [-0.05, 0) is 38.3 Å². The Kier molecular flexibility index (Phi) is 4.13. The molecule has 0 radical (unpaired) electrons. The molecule has 0 saturated heterocycles. The summed E-state index contributed by atoms with van der Waals surface area (Å²) in [6.45, 7) is 3.38. The van der Waals surface area contributed by atoms with Crippen molar-refractivity contribution >= 4 is 11.7 Å². The molecule has 2 aromatic rings. The first kappa shape index (κ1) is 14.6. The van der Waals surface area contributed by atoms with Gasteiger partial charge in [0.1, 0.15) is 6.67 Å². The molecule has 4 nitrogen and oxygen atoms in total. The van der Waals surface area contributed by atoms with Gasteiger partial charge in [0, 0.05) is 17.2 Å². The molecule has 1 heterocycles. The molecular formula is C17H19FN4. The highest BCUT2D eigenvalue weighted by Crippen LogP contribution is 2.39. The highest BCUT2D eigenvalue weighted by atomic mass is 19.1. The van der Waals surface area contributed by atoms with Gasteiger partial charge in [0.15, 0.2) is 0 Å². The lowest BCUT2D eigenvalue weighted by Crippen LogP contribution is -2.06. The van der Waals surface area contributed by atoms with Crippen molar-refractivity contribution in [3.8, 4) is 0 Å². The molecule has 0 amide bonds. The summed E-state index contributed by atoms with van der Waals surface area (Å²) in [5.74, 6) is 0.820. The molecule has 0 aliphatic heterocycles. The van der Waals surface area contributed by atoms with Crippen molar-refractivity contribution in [1.29, 1.82) is 0 Å². The number of alkyl halides is 1. The molecule has 0 bridgehead atoms. The second kappa shape index (κ2) is 6.22. The fraction of sp³-hybridized carbons (Fsp3) is 0.353. The molecule has 22 heavy (non-hydrogen) atoms. The average Bonchev–Trinajstić information content (AvgIpc) is 3.37. The molecule has 0 atom stereocenters. The van der Waals surface area contributed by atoms with Gasteiger partial charge in [-0.15, -0.1) is 0 Å². The number of halogens is 1. The largest absolute Gasteiger partial charge is 0.245 e. The Bertz CT molecular complexity index is 708. The van der Waals surface area contributed by atoms with Crippen molar-refractivity contribution in [3.05, 3.63) is 52.8 Å². The molecule has 114 valence electrons. The zero-order chi connectivity index (χ0) is 15.5. The van der Waals surface area contributed by atoms with Crippen molar-refractivity contribution in [2.24, 2.45) is 5.10 Å². The molecule has 1 aliphatic carbocycles. The minimum Gasteiger partial charge on any atom is -0.245 e. The molecule has 1 aliphatic rings. The number of hydrazone groups is 1. The summed E-state index contributed by atoms with van der Waals surface area (Å²) in [5, 5.41) is 4.34. The Labute approximate surface area is 129 Å². The molecule has 0 spiro atoms. The number of hydrogen-bond acceptors (Lipinski definition) is 4. The first-order valence-corrected chi connectivity index (χ1v) is 7.47. The van der Waals surface area contributed by atoms with Crippen LogP contribution in [0.2, 0.25) is 0 Å². The second-order valence-corrected chi connectivity index (χ2v) is 5.64. The first-order valence-electron chi connectivity index (χ1n) is 7.47. The van der Waals surface area contributed by atoms with Crippen LogP contribution in [0.3, 0.4) is 0 Å². The highest BCUT2D eigenvalue weighted by Gasteiger charge is 2.26. The maximum absolute atomic E-state index is 12.9. The van der Waals surface area contributed by atoms with Crippen LogP contribution in [0.4, 0.5) is 10.3 Å². The van der Waals surface area contributed by atoms with Crippen LogP contribution in [0.1, 0.15) is 48.2 Å². The summed E-state index contributed by atoms with van der Waals surface area (Å²) >= 11 is 0. The SMILES string of the molecule is C/C(=N/Nc1nc(CF)cc(C2CC2)n1)c1ccccc1C. The molecule has 1 N–H and O–H groups in total. The van der Waals surface area contributed by atoms with E-state index in [1.165, 1.54) is 0 Å². The number of rotatable bonds is 5. The monoisotopic (exact) mass is 298 g/mol. The number of nitrogens with one attached hydrogen (secondary N) is 1. The molecule has 5 heteroatoms. The molecule has 0 unspecified atom stereocenters. The van der Waals surface area contributed by atoms with Gasteiger partial charge in [-0.3, -0.25) is 0 Å². The Morgan fingerprint density at radius 2 is 2.09 bits per heavy atom. The van der Waals surface area contributed by atoms with E-state index in [9.17, 15) is 4.39 Å². The van der Waals surface area contributed by atoms with Crippen LogP contribution in [-0.4, -0.2) is 15.7 Å². The van der Waals surface area contributed by atoms with E-state index in [0.29, 0.717) is 17.6 Å². The topological polar surface area (TPSA) is 50.2 Å². The highest BCUT2D eigenvalue weighted by molar-refractivity contribution is 6.00. The molecule has 3 rings (SSSR count). The lowest BCUT2D eigenvalue weighted by molar-refractivity contribution is 0.475. The maximum Gasteiger partial charge on any atom is 0.244 e. The summed E-state index contributed by atoms with van der Waals surface area (Å²) in [7, 11) is 0. The Balaban J connectivity index is 1.82. The first-order chi connectivity index (χ1) is 10.7. The van der Waals surface area contributed by atoms with E-state index in [2.05, 4.69) is 20.5 Å². The van der Waals surface area contributed by atoms with E-state index >= 15 is 0 Å². The Morgan fingerprint density at radius 1 is 1.32 bits per heavy atom. The van der Waals surface area contributed by atoms with Gasteiger partial charge in [-0.2, -0.15) is 5.10 Å². The van der Waals surface area contributed by atoms with Gasteiger partial charge in [0.2, 0.25) is 5.95 Å². The zero-order valence-corrected chi connectivity index (χ0v) is 12.8. The van der Waals surface area contributed by atoms with Gasteiger partial charge >= 0.3 is 0 Å². The summed E-state index contributed by atoms with van der Waals surface area (Å²) in [5.41, 5.74) is 7.25. The smallest absolute Gasteiger partial charge is 0.244 e. The third kappa shape index (κ3) is 3.30. The second-order valence-electron chi connectivity index (χ2n) is 5.64. The summed E-state index contributed by atoms with van der Waals surface area (Å²) in [6, 6.07) is 9.78. The van der Waals surface area contributed by atoms with Crippen LogP contribution < -0.4 is 5.43 Å². The van der Waals surface area contributed by atoms with Gasteiger partial charge in [0.05, 0.1) is 11.4 Å². The lowest BCUT2D eigenvalue weighted by atomic mass is 10.1. The van der Waals surface area contributed by atoms with E-state index in [0.717, 1.165) is 35.4 Å². The normalized spacial score (nSPS) is 15.0. The van der Waals surface area contributed by atoms with Crippen LogP contribution in [0.5, 0.6) is 0 Å². The summed E-state index contributed by atoms with van der Waals surface area (Å²) in [4.78, 5) is 8.58. The van der Waals surface area contributed by atoms with E-state index in [4.69, 9.17) is 0 Å². The number of aryl methyl sites for hydroxylation is 1. The fourth-order valence-corrected chi connectivity index (χ4v) is 2.40. The third-order valence-corrected chi connectivity index (χ3v) is 3.79. The number of anilines is 1. The Morgan fingerprint density at radius 3 is 2.77 bits per heavy atom. The van der Waals surface area contributed by atoms with Crippen LogP contribution in [0.15, 0.2) is 35.4 Å².